The van der Waals surface area contributed by atoms with E-state index in [0.29, 0.717) is 11.8 Å². The summed E-state index contributed by atoms with van der Waals surface area (Å²) >= 11 is 3.93. The fourth-order valence-electron chi connectivity index (χ4n) is 4.90. The standard InChI is InChI=1S/C15H24BrNO2/c1-13(2,9-18)17-12(19)14-4-10-3-11(5-14)7-15(16,6-10)8-14/h10-11,18H,3-9H2,1-2H3,(H,17,19). The second-order valence-electron chi connectivity index (χ2n) is 7.89. The maximum Gasteiger partial charge on any atom is 0.226 e. The number of alkyl halides is 1. The van der Waals surface area contributed by atoms with Gasteiger partial charge in [-0.25, -0.2) is 0 Å². The number of amides is 1. The van der Waals surface area contributed by atoms with Crippen LogP contribution in [0.3, 0.4) is 0 Å². The Bertz CT molecular complexity index is 393. The Morgan fingerprint density at radius 3 is 2.37 bits per heavy atom. The molecule has 0 aromatic carbocycles. The Hall–Kier alpha value is -0.0900. The van der Waals surface area contributed by atoms with E-state index < -0.39 is 5.54 Å². The number of nitrogens with one attached hydrogen (secondary N) is 1. The Balaban J connectivity index is 1.82. The van der Waals surface area contributed by atoms with Crippen molar-refractivity contribution in [2.24, 2.45) is 17.3 Å². The number of carbonyl (C=O) groups excluding carboxylic acids is 1. The van der Waals surface area contributed by atoms with Gasteiger partial charge in [0.05, 0.1) is 17.6 Å². The third kappa shape index (κ3) is 2.35. The number of aliphatic hydroxyl groups excluding tert-OH is 1. The first-order valence-electron chi connectivity index (χ1n) is 7.38. The van der Waals surface area contributed by atoms with Crippen molar-refractivity contribution >= 4 is 21.8 Å². The van der Waals surface area contributed by atoms with Crippen LogP contribution in [0.4, 0.5) is 0 Å². The first-order chi connectivity index (χ1) is 8.76. The molecule has 2 unspecified atom stereocenters. The molecule has 0 saturated heterocycles. The van der Waals surface area contributed by atoms with Crippen molar-refractivity contribution in [2.75, 3.05) is 6.61 Å². The summed E-state index contributed by atoms with van der Waals surface area (Å²) < 4.78 is 0.206. The molecule has 0 aromatic rings. The van der Waals surface area contributed by atoms with Gasteiger partial charge < -0.3 is 10.4 Å². The van der Waals surface area contributed by atoms with Crippen molar-refractivity contribution in [3.05, 3.63) is 0 Å². The third-order valence-electron chi connectivity index (χ3n) is 5.32. The second kappa shape index (κ2) is 4.20. The summed E-state index contributed by atoms with van der Waals surface area (Å²) in [5, 5.41) is 12.4. The fraction of sp³-hybridized carbons (Fsp3) is 0.933. The van der Waals surface area contributed by atoms with E-state index in [-0.39, 0.29) is 22.3 Å². The van der Waals surface area contributed by atoms with Crippen molar-refractivity contribution in [1.29, 1.82) is 0 Å². The van der Waals surface area contributed by atoms with E-state index in [1.165, 1.54) is 19.3 Å². The second-order valence-corrected chi connectivity index (χ2v) is 9.57. The van der Waals surface area contributed by atoms with E-state index in [9.17, 15) is 9.90 Å². The molecule has 0 spiro atoms. The van der Waals surface area contributed by atoms with Crippen molar-refractivity contribution in [1.82, 2.24) is 5.32 Å². The number of hydrogen-bond acceptors (Lipinski definition) is 2. The minimum Gasteiger partial charge on any atom is -0.394 e. The summed E-state index contributed by atoms with van der Waals surface area (Å²) in [6.07, 6.45) is 6.85. The van der Waals surface area contributed by atoms with Crippen molar-refractivity contribution in [2.45, 2.75) is 62.2 Å². The number of halogens is 1. The molecule has 4 aliphatic carbocycles. The Morgan fingerprint density at radius 1 is 1.32 bits per heavy atom. The van der Waals surface area contributed by atoms with Gasteiger partial charge in [0.2, 0.25) is 5.91 Å². The van der Waals surface area contributed by atoms with Gasteiger partial charge in [-0.2, -0.15) is 0 Å². The molecule has 3 nitrogen and oxygen atoms in total. The molecule has 4 heteroatoms. The van der Waals surface area contributed by atoms with Crippen LogP contribution in [0, 0.1) is 17.3 Å². The lowest BCUT2D eigenvalue weighted by Gasteiger charge is -2.59. The first-order valence-corrected chi connectivity index (χ1v) is 8.18. The van der Waals surface area contributed by atoms with Gasteiger partial charge in [0.15, 0.2) is 0 Å². The molecule has 0 radical (unpaired) electrons. The van der Waals surface area contributed by atoms with E-state index in [2.05, 4.69) is 21.2 Å². The van der Waals surface area contributed by atoms with Gasteiger partial charge in [0, 0.05) is 4.32 Å². The van der Waals surface area contributed by atoms with Crippen LogP contribution in [0.1, 0.15) is 52.4 Å². The van der Waals surface area contributed by atoms with Crippen molar-refractivity contribution in [3.8, 4) is 0 Å². The Morgan fingerprint density at radius 2 is 1.89 bits per heavy atom. The largest absolute Gasteiger partial charge is 0.394 e. The average Bonchev–Trinajstić information content (AvgIpc) is 2.25. The molecule has 4 fully saturated rings. The zero-order valence-electron chi connectivity index (χ0n) is 11.8. The highest BCUT2D eigenvalue weighted by atomic mass is 79.9. The van der Waals surface area contributed by atoms with Crippen LogP contribution in [-0.2, 0) is 4.79 Å². The molecular weight excluding hydrogens is 306 g/mol. The molecule has 4 rings (SSSR count). The van der Waals surface area contributed by atoms with Crippen LogP contribution in [0.5, 0.6) is 0 Å². The lowest BCUT2D eigenvalue weighted by molar-refractivity contribution is -0.146. The predicted molar refractivity (Wildman–Crippen MR) is 78.1 cm³/mol. The SMILES string of the molecule is CC(C)(CO)NC(=O)C12CC3CC(CC(Br)(C3)C1)C2. The molecule has 0 aromatic heterocycles. The summed E-state index contributed by atoms with van der Waals surface area (Å²) in [5.74, 6) is 1.59. The van der Waals surface area contributed by atoms with Crippen LogP contribution in [-0.4, -0.2) is 27.5 Å². The smallest absolute Gasteiger partial charge is 0.226 e. The van der Waals surface area contributed by atoms with Gasteiger partial charge in [-0.3, -0.25) is 4.79 Å². The molecule has 19 heavy (non-hydrogen) atoms. The molecule has 0 heterocycles. The third-order valence-corrected chi connectivity index (χ3v) is 6.25. The zero-order valence-corrected chi connectivity index (χ0v) is 13.4. The van der Waals surface area contributed by atoms with Gasteiger partial charge in [-0.1, -0.05) is 15.9 Å². The maximum atomic E-state index is 12.8. The number of aliphatic hydroxyl groups is 1. The summed E-state index contributed by atoms with van der Waals surface area (Å²) in [5.41, 5.74) is -0.695. The van der Waals surface area contributed by atoms with E-state index >= 15 is 0 Å². The van der Waals surface area contributed by atoms with Crippen LogP contribution < -0.4 is 5.32 Å². The molecule has 0 aliphatic heterocycles. The highest BCUT2D eigenvalue weighted by Crippen LogP contribution is 2.64. The lowest BCUT2D eigenvalue weighted by Crippen LogP contribution is -2.61. The lowest BCUT2D eigenvalue weighted by atomic mass is 9.49. The minimum atomic E-state index is -0.514. The van der Waals surface area contributed by atoms with Crippen LogP contribution >= 0.6 is 15.9 Å². The minimum absolute atomic E-state index is 0.0128. The number of rotatable bonds is 3. The van der Waals surface area contributed by atoms with E-state index in [0.717, 1.165) is 19.3 Å². The van der Waals surface area contributed by atoms with Gasteiger partial charge in [0.25, 0.3) is 0 Å². The highest BCUT2D eigenvalue weighted by molar-refractivity contribution is 9.10. The van der Waals surface area contributed by atoms with Gasteiger partial charge in [-0.15, -0.1) is 0 Å². The highest BCUT2D eigenvalue weighted by Gasteiger charge is 2.60. The quantitative estimate of drug-likeness (QED) is 0.782. The van der Waals surface area contributed by atoms with E-state index in [1.807, 2.05) is 13.8 Å². The molecule has 4 saturated carbocycles. The average molecular weight is 330 g/mol. The number of carbonyl (C=O) groups is 1. The van der Waals surface area contributed by atoms with Crippen molar-refractivity contribution in [3.63, 3.8) is 0 Å². The summed E-state index contributed by atoms with van der Waals surface area (Å²) in [7, 11) is 0. The first kappa shape index (κ1) is 13.9. The zero-order chi connectivity index (χ0) is 13.9. The molecule has 108 valence electrons. The van der Waals surface area contributed by atoms with E-state index in [1.54, 1.807) is 0 Å². The predicted octanol–water partition coefficient (Wildman–Crippen LogP) is 2.61. The number of hydrogen-bond donors (Lipinski definition) is 2. The molecule has 4 bridgehead atoms. The monoisotopic (exact) mass is 329 g/mol. The summed E-state index contributed by atoms with van der Waals surface area (Å²) in [4.78, 5) is 12.8. The molecular formula is C15H24BrNO2. The molecule has 2 atom stereocenters. The molecule has 1 amide bonds. The Labute approximate surface area is 123 Å². The van der Waals surface area contributed by atoms with Crippen LogP contribution in [0.2, 0.25) is 0 Å². The topological polar surface area (TPSA) is 49.3 Å². The molecule has 4 aliphatic rings. The summed E-state index contributed by atoms with van der Waals surface area (Å²) in [6.45, 7) is 3.76. The Kier molecular flexibility index (Phi) is 3.07. The maximum absolute atomic E-state index is 12.8. The van der Waals surface area contributed by atoms with Crippen LogP contribution in [0.25, 0.3) is 0 Å². The normalized spacial score (nSPS) is 44.4. The summed E-state index contributed by atoms with van der Waals surface area (Å²) in [6, 6.07) is 0. The van der Waals surface area contributed by atoms with Crippen LogP contribution in [0.15, 0.2) is 0 Å². The van der Waals surface area contributed by atoms with Gasteiger partial charge in [0.1, 0.15) is 0 Å². The van der Waals surface area contributed by atoms with Crippen molar-refractivity contribution < 1.29 is 9.90 Å². The van der Waals surface area contributed by atoms with Gasteiger partial charge in [-0.05, 0) is 64.2 Å². The van der Waals surface area contributed by atoms with E-state index in [4.69, 9.17) is 0 Å². The molecule has 2 N–H and O–H groups in total. The van der Waals surface area contributed by atoms with Gasteiger partial charge >= 0.3 is 0 Å². The fourth-order valence-corrected chi connectivity index (χ4v) is 6.35.